The van der Waals surface area contributed by atoms with Gasteiger partial charge in [0.1, 0.15) is 11.5 Å². The minimum atomic E-state index is -0.171. The van der Waals surface area contributed by atoms with E-state index >= 15 is 0 Å². The van der Waals surface area contributed by atoms with E-state index in [4.69, 9.17) is 0 Å². The Kier molecular flexibility index (Phi) is 4.69. The molecule has 16 heavy (non-hydrogen) atoms. The van der Waals surface area contributed by atoms with Crippen molar-refractivity contribution >= 4 is 11.7 Å². The quantitative estimate of drug-likeness (QED) is 0.788. The van der Waals surface area contributed by atoms with Crippen LogP contribution < -0.4 is 10.6 Å². The highest BCUT2D eigenvalue weighted by Crippen LogP contribution is 2.01. The van der Waals surface area contributed by atoms with Crippen LogP contribution in [-0.4, -0.2) is 29.5 Å². The highest BCUT2D eigenvalue weighted by atomic mass is 16.1. The van der Waals surface area contributed by atoms with Crippen LogP contribution in [-0.2, 0) is 0 Å². The molecule has 0 aromatic carbocycles. The van der Waals surface area contributed by atoms with Crippen LogP contribution in [0.3, 0.4) is 0 Å². The summed E-state index contributed by atoms with van der Waals surface area (Å²) in [5, 5.41) is 5.67. The molecule has 0 bridgehead atoms. The molecule has 1 unspecified atom stereocenters. The standard InChI is InChI=1S/C11H18N4O/c1-4-8(2)5-15-11(16)9-6-14-10(12-3)7-13-9/h6-8H,4-5H2,1-3H3,(H,12,14)(H,15,16). The normalized spacial score (nSPS) is 11.9. The first-order chi connectivity index (χ1) is 7.67. The van der Waals surface area contributed by atoms with Crippen molar-refractivity contribution in [3.05, 3.63) is 18.1 Å². The van der Waals surface area contributed by atoms with Gasteiger partial charge in [-0.2, -0.15) is 0 Å². The second-order valence-corrected chi connectivity index (χ2v) is 3.76. The van der Waals surface area contributed by atoms with Crippen molar-refractivity contribution in [2.75, 3.05) is 18.9 Å². The summed E-state index contributed by atoms with van der Waals surface area (Å²) >= 11 is 0. The fourth-order valence-electron chi connectivity index (χ4n) is 1.08. The Morgan fingerprint density at radius 2 is 2.19 bits per heavy atom. The molecule has 0 aliphatic rings. The van der Waals surface area contributed by atoms with Gasteiger partial charge in [0, 0.05) is 13.6 Å². The lowest BCUT2D eigenvalue weighted by Crippen LogP contribution is -2.28. The number of aromatic nitrogens is 2. The van der Waals surface area contributed by atoms with Crippen molar-refractivity contribution in [1.82, 2.24) is 15.3 Å². The Morgan fingerprint density at radius 1 is 1.44 bits per heavy atom. The topological polar surface area (TPSA) is 66.9 Å². The maximum absolute atomic E-state index is 11.6. The van der Waals surface area contributed by atoms with Gasteiger partial charge in [0.05, 0.1) is 12.4 Å². The smallest absolute Gasteiger partial charge is 0.271 e. The highest BCUT2D eigenvalue weighted by Gasteiger charge is 2.08. The first kappa shape index (κ1) is 12.4. The first-order valence-electron chi connectivity index (χ1n) is 5.45. The van der Waals surface area contributed by atoms with Crippen molar-refractivity contribution in [2.45, 2.75) is 20.3 Å². The molecule has 1 rings (SSSR count). The van der Waals surface area contributed by atoms with Gasteiger partial charge >= 0.3 is 0 Å². The van der Waals surface area contributed by atoms with E-state index in [1.165, 1.54) is 12.4 Å². The minimum Gasteiger partial charge on any atom is -0.372 e. The Hall–Kier alpha value is -1.65. The third-order valence-electron chi connectivity index (χ3n) is 2.45. The van der Waals surface area contributed by atoms with Crippen LogP contribution in [0, 0.1) is 5.92 Å². The van der Waals surface area contributed by atoms with E-state index in [2.05, 4.69) is 34.4 Å². The van der Waals surface area contributed by atoms with Gasteiger partial charge < -0.3 is 10.6 Å². The van der Waals surface area contributed by atoms with Gasteiger partial charge in [-0.15, -0.1) is 0 Å². The molecule has 88 valence electrons. The van der Waals surface area contributed by atoms with E-state index in [1.54, 1.807) is 7.05 Å². The maximum Gasteiger partial charge on any atom is 0.271 e. The maximum atomic E-state index is 11.6. The van der Waals surface area contributed by atoms with E-state index < -0.39 is 0 Å². The zero-order chi connectivity index (χ0) is 12.0. The Bertz CT molecular complexity index is 336. The first-order valence-corrected chi connectivity index (χ1v) is 5.45. The van der Waals surface area contributed by atoms with E-state index in [-0.39, 0.29) is 5.91 Å². The molecule has 0 fully saturated rings. The summed E-state index contributed by atoms with van der Waals surface area (Å²) in [4.78, 5) is 19.7. The van der Waals surface area contributed by atoms with Gasteiger partial charge in [0.15, 0.2) is 0 Å². The molecular weight excluding hydrogens is 204 g/mol. The number of carbonyl (C=O) groups excluding carboxylic acids is 1. The van der Waals surface area contributed by atoms with E-state index in [1.807, 2.05) is 0 Å². The molecule has 2 N–H and O–H groups in total. The lowest BCUT2D eigenvalue weighted by Gasteiger charge is -2.09. The van der Waals surface area contributed by atoms with Crippen molar-refractivity contribution in [2.24, 2.45) is 5.92 Å². The molecule has 0 aliphatic heterocycles. The molecule has 1 aromatic heterocycles. The van der Waals surface area contributed by atoms with Crippen LogP contribution >= 0.6 is 0 Å². The van der Waals surface area contributed by atoms with Gasteiger partial charge in [0.2, 0.25) is 0 Å². The van der Waals surface area contributed by atoms with Crippen LogP contribution in [0.15, 0.2) is 12.4 Å². The number of anilines is 1. The fraction of sp³-hybridized carbons (Fsp3) is 0.545. The number of amides is 1. The molecule has 5 heteroatoms. The van der Waals surface area contributed by atoms with E-state index in [9.17, 15) is 4.79 Å². The molecule has 0 radical (unpaired) electrons. The molecule has 1 aromatic rings. The van der Waals surface area contributed by atoms with Crippen LogP contribution in [0.25, 0.3) is 0 Å². The molecule has 1 heterocycles. The number of nitrogens with zero attached hydrogens (tertiary/aromatic N) is 2. The lowest BCUT2D eigenvalue weighted by molar-refractivity contribution is 0.0942. The Morgan fingerprint density at radius 3 is 2.69 bits per heavy atom. The molecule has 5 nitrogen and oxygen atoms in total. The van der Waals surface area contributed by atoms with Gasteiger partial charge in [-0.05, 0) is 5.92 Å². The van der Waals surface area contributed by atoms with Crippen LogP contribution in [0.2, 0.25) is 0 Å². The minimum absolute atomic E-state index is 0.171. The zero-order valence-electron chi connectivity index (χ0n) is 9.95. The van der Waals surface area contributed by atoms with Crippen molar-refractivity contribution in [3.8, 4) is 0 Å². The van der Waals surface area contributed by atoms with E-state index in [0.717, 1.165) is 6.42 Å². The van der Waals surface area contributed by atoms with E-state index in [0.29, 0.717) is 24.0 Å². The number of hydrogen-bond acceptors (Lipinski definition) is 4. The molecular formula is C11H18N4O. The van der Waals surface area contributed by atoms with Crippen molar-refractivity contribution < 1.29 is 4.79 Å². The second-order valence-electron chi connectivity index (χ2n) is 3.76. The molecule has 1 atom stereocenters. The van der Waals surface area contributed by atoms with Crippen LogP contribution in [0.5, 0.6) is 0 Å². The average Bonchev–Trinajstić information content (AvgIpc) is 2.35. The third-order valence-corrected chi connectivity index (χ3v) is 2.45. The number of hydrogen-bond donors (Lipinski definition) is 2. The van der Waals surface area contributed by atoms with Crippen molar-refractivity contribution in [1.29, 1.82) is 0 Å². The SMILES string of the molecule is CCC(C)CNC(=O)c1cnc(NC)cn1. The predicted molar refractivity (Wildman–Crippen MR) is 63.4 cm³/mol. The molecule has 0 aliphatic carbocycles. The Balaban J connectivity index is 2.52. The summed E-state index contributed by atoms with van der Waals surface area (Å²) in [6, 6.07) is 0. The number of nitrogens with one attached hydrogen (secondary N) is 2. The number of carbonyl (C=O) groups is 1. The molecule has 1 amide bonds. The lowest BCUT2D eigenvalue weighted by atomic mass is 10.1. The second kappa shape index (κ2) is 6.05. The summed E-state index contributed by atoms with van der Waals surface area (Å²) in [5.74, 6) is 0.961. The van der Waals surface area contributed by atoms with Gasteiger partial charge in [0.25, 0.3) is 5.91 Å². The predicted octanol–water partition coefficient (Wildman–Crippen LogP) is 1.29. The summed E-state index contributed by atoms with van der Waals surface area (Å²) in [7, 11) is 1.76. The Labute approximate surface area is 95.7 Å². The van der Waals surface area contributed by atoms with Gasteiger partial charge in [-0.25, -0.2) is 9.97 Å². The van der Waals surface area contributed by atoms with Crippen LogP contribution in [0.1, 0.15) is 30.8 Å². The molecule has 0 saturated carbocycles. The molecule has 0 spiro atoms. The number of rotatable bonds is 5. The van der Waals surface area contributed by atoms with Gasteiger partial charge in [-0.3, -0.25) is 4.79 Å². The van der Waals surface area contributed by atoms with Crippen molar-refractivity contribution in [3.63, 3.8) is 0 Å². The summed E-state index contributed by atoms with van der Waals surface area (Å²) < 4.78 is 0. The summed E-state index contributed by atoms with van der Waals surface area (Å²) in [6.07, 6.45) is 4.06. The third kappa shape index (κ3) is 3.49. The van der Waals surface area contributed by atoms with Crippen LogP contribution in [0.4, 0.5) is 5.82 Å². The largest absolute Gasteiger partial charge is 0.372 e. The summed E-state index contributed by atoms with van der Waals surface area (Å²) in [6.45, 7) is 4.86. The fourth-order valence-corrected chi connectivity index (χ4v) is 1.08. The molecule has 0 saturated heterocycles. The summed E-state index contributed by atoms with van der Waals surface area (Å²) in [5.41, 5.74) is 0.349. The monoisotopic (exact) mass is 222 g/mol. The average molecular weight is 222 g/mol. The highest BCUT2D eigenvalue weighted by molar-refractivity contribution is 5.91. The van der Waals surface area contributed by atoms with Gasteiger partial charge in [-0.1, -0.05) is 20.3 Å². The zero-order valence-corrected chi connectivity index (χ0v) is 9.95.